The number of benzene rings is 1. The number of rotatable bonds is 5. The van der Waals surface area contributed by atoms with Crippen molar-refractivity contribution in [2.45, 2.75) is 19.4 Å². The second kappa shape index (κ2) is 7.89. The van der Waals surface area contributed by atoms with Gasteiger partial charge in [0, 0.05) is 12.6 Å². The van der Waals surface area contributed by atoms with E-state index in [0.29, 0.717) is 18.7 Å². The minimum absolute atomic E-state index is 0. The summed E-state index contributed by atoms with van der Waals surface area (Å²) in [6, 6.07) is 3.85. The molecule has 1 rings (SSSR count). The molecule has 18 heavy (non-hydrogen) atoms. The highest BCUT2D eigenvalue weighted by Gasteiger charge is 2.12. The van der Waals surface area contributed by atoms with E-state index in [9.17, 15) is 9.18 Å². The van der Waals surface area contributed by atoms with E-state index in [-0.39, 0.29) is 29.9 Å². The number of amides is 1. The second-order valence-corrected chi connectivity index (χ2v) is 3.87. The molecule has 1 amide bonds. The van der Waals surface area contributed by atoms with Crippen molar-refractivity contribution in [2.24, 2.45) is 5.73 Å². The van der Waals surface area contributed by atoms with Crippen LogP contribution in [0.2, 0.25) is 0 Å². The first kappa shape index (κ1) is 16.7. The molecule has 0 saturated carbocycles. The van der Waals surface area contributed by atoms with Crippen molar-refractivity contribution < 1.29 is 13.9 Å². The molecule has 0 aliphatic rings. The molecule has 1 atom stereocenters. The summed E-state index contributed by atoms with van der Waals surface area (Å²) in [5.74, 6) is -0.477. The quantitative estimate of drug-likeness (QED) is 0.861. The summed E-state index contributed by atoms with van der Waals surface area (Å²) in [5, 5.41) is 2.67. The number of hydrogen-bond acceptors (Lipinski definition) is 3. The fourth-order valence-electron chi connectivity index (χ4n) is 1.37. The van der Waals surface area contributed by atoms with Crippen LogP contribution in [0.4, 0.5) is 4.39 Å². The zero-order valence-corrected chi connectivity index (χ0v) is 11.2. The van der Waals surface area contributed by atoms with E-state index in [1.807, 2.05) is 6.92 Å². The largest absolute Gasteiger partial charge is 0.496 e. The van der Waals surface area contributed by atoms with E-state index in [1.54, 1.807) is 0 Å². The molecule has 1 aromatic carbocycles. The van der Waals surface area contributed by atoms with Crippen molar-refractivity contribution in [3.8, 4) is 5.75 Å². The zero-order valence-electron chi connectivity index (χ0n) is 10.4. The third-order valence-corrected chi connectivity index (χ3v) is 2.29. The third kappa shape index (κ3) is 4.89. The Bertz CT molecular complexity index is 400. The molecular weight excluding hydrogens is 259 g/mol. The van der Waals surface area contributed by atoms with Crippen molar-refractivity contribution in [3.05, 3.63) is 29.6 Å². The molecule has 3 N–H and O–H groups in total. The fraction of sp³-hybridized carbons (Fsp3) is 0.417. The number of nitrogens with one attached hydrogen (secondary N) is 1. The average molecular weight is 277 g/mol. The van der Waals surface area contributed by atoms with Crippen LogP contribution < -0.4 is 15.8 Å². The highest BCUT2D eigenvalue weighted by Crippen LogP contribution is 2.18. The topological polar surface area (TPSA) is 64.3 Å². The molecule has 0 radical (unpaired) electrons. The van der Waals surface area contributed by atoms with Gasteiger partial charge < -0.3 is 15.8 Å². The van der Waals surface area contributed by atoms with Gasteiger partial charge in [0.1, 0.15) is 11.6 Å². The Labute approximate surface area is 112 Å². The van der Waals surface area contributed by atoms with E-state index >= 15 is 0 Å². The van der Waals surface area contributed by atoms with Gasteiger partial charge >= 0.3 is 0 Å². The Morgan fingerprint density at radius 2 is 2.22 bits per heavy atom. The molecule has 4 nitrogen and oxygen atoms in total. The summed E-state index contributed by atoms with van der Waals surface area (Å²) in [7, 11) is 1.44. The Morgan fingerprint density at radius 3 is 2.78 bits per heavy atom. The van der Waals surface area contributed by atoms with Crippen molar-refractivity contribution in [3.63, 3.8) is 0 Å². The molecule has 0 aliphatic heterocycles. The van der Waals surface area contributed by atoms with Crippen LogP contribution in [0.3, 0.4) is 0 Å². The van der Waals surface area contributed by atoms with Crippen LogP contribution in [0, 0.1) is 5.82 Å². The van der Waals surface area contributed by atoms with Gasteiger partial charge in [-0.2, -0.15) is 0 Å². The maximum atomic E-state index is 13.0. The van der Waals surface area contributed by atoms with E-state index in [2.05, 4.69) is 5.32 Å². The predicted molar refractivity (Wildman–Crippen MR) is 70.8 cm³/mol. The lowest BCUT2D eigenvalue weighted by Gasteiger charge is -2.10. The molecule has 0 saturated heterocycles. The molecule has 0 heterocycles. The minimum atomic E-state index is -0.469. The van der Waals surface area contributed by atoms with Gasteiger partial charge in [0.25, 0.3) is 5.91 Å². The van der Waals surface area contributed by atoms with Crippen molar-refractivity contribution >= 4 is 18.3 Å². The Morgan fingerprint density at radius 1 is 1.56 bits per heavy atom. The second-order valence-electron chi connectivity index (χ2n) is 3.87. The number of hydrogen-bond donors (Lipinski definition) is 2. The van der Waals surface area contributed by atoms with Gasteiger partial charge in [-0.25, -0.2) is 4.39 Å². The number of ether oxygens (including phenoxy) is 1. The monoisotopic (exact) mass is 276 g/mol. The Balaban J connectivity index is 0.00000289. The van der Waals surface area contributed by atoms with Crippen LogP contribution in [-0.4, -0.2) is 25.6 Å². The van der Waals surface area contributed by atoms with Gasteiger partial charge in [0.05, 0.1) is 12.7 Å². The van der Waals surface area contributed by atoms with Gasteiger partial charge in [-0.05, 0) is 31.5 Å². The van der Waals surface area contributed by atoms with E-state index in [0.717, 1.165) is 6.07 Å². The molecule has 0 fully saturated rings. The lowest BCUT2D eigenvalue weighted by Crippen LogP contribution is -2.29. The lowest BCUT2D eigenvalue weighted by atomic mass is 10.1. The molecule has 0 spiro atoms. The number of halogens is 2. The van der Waals surface area contributed by atoms with Crippen molar-refractivity contribution in [2.75, 3.05) is 13.7 Å². The summed E-state index contributed by atoms with van der Waals surface area (Å²) in [6.07, 6.45) is 0.670. The summed E-state index contributed by atoms with van der Waals surface area (Å²) >= 11 is 0. The molecule has 1 aromatic rings. The minimum Gasteiger partial charge on any atom is -0.496 e. The number of nitrogens with two attached hydrogens (primary N) is 1. The molecule has 6 heteroatoms. The first-order valence-electron chi connectivity index (χ1n) is 5.42. The third-order valence-electron chi connectivity index (χ3n) is 2.29. The normalized spacial score (nSPS) is 11.3. The zero-order chi connectivity index (χ0) is 12.8. The van der Waals surface area contributed by atoms with Crippen LogP contribution in [0.15, 0.2) is 18.2 Å². The smallest absolute Gasteiger partial charge is 0.255 e. The average Bonchev–Trinajstić information content (AvgIpc) is 2.28. The van der Waals surface area contributed by atoms with Crippen molar-refractivity contribution in [1.82, 2.24) is 5.32 Å². The first-order chi connectivity index (χ1) is 8.04. The number of methoxy groups -OCH3 is 1. The van der Waals surface area contributed by atoms with Crippen LogP contribution in [-0.2, 0) is 0 Å². The highest BCUT2D eigenvalue weighted by atomic mass is 35.5. The van der Waals surface area contributed by atoms with E-state index < -0.39 is 5.82 Å². The molecule has 0 aromatic heterocycles. The summed E-state index contributed by atoms with van der Waals surface area (Å²) in [5.41, 5.74) is 5.75. The first-order valence-corrected chi connectivity index (χ1v) is 5.42. The van der Waals surface area contributed by atoms with E-state index in [4.69, 9.17) is 10.5 Å². The van der Waals surface area contributed by atoms with Gasteiger partial charge in [0.15, 0.2) is 0 Å². The van der Waals surface area contributed by atoms with Gasteiger partial charge in [-0.1, -0.05) is 0 Å². The van der Waals surface area contributed by atoms with Crippen LogP contribution >= 0.6 is 12.4 Å². The van der Waals surface area contributed by atoms with Crippen molar-refractivity contribution in [1.29, 1.82) is 0 Å². The van der Waals surface area contributed by atoms with Crippen LogP contribution in [0.5, 0.6) is 5.75 Å². The van der Waals surface area contributed by atoms with E-state index in [1.165, 1.54) is 19.2 Å². The predicted octanol–water partition coefficient (Wildman–Crippen LogP) is 1.72. The number of carbonyl (C=O) groups excluding carboxylic acids is 1. The SMILES string of the molecule is COc1ccc(F)cc1C(=O)NCCC(C)N.Cl. The lowest BCUT2D eigenvalue weighted by molar-refractivity contribution is 0.0949. The van der Waals surface area contributed by atoms with Gasteiger partial charge in [-0.3, -0.25) is 4.79 Å². The highest BCUT2D eigenvalue weighted by molar-refractivity contribution is 5.96. The van der Waals surface area contributed by atoms with Gasteiger partial charge in [-0.15, -0.1) is 12.4 Å². The summed E-state index contributed by atoms with van der Waals surface area (Å²) < 4.78 is 18.0. The standard InChI is InChI=1S/C12H17FN2O2.ClH/c1-8(14)5-6-15-12(16)10-7-9(13)3-4-11(10)17-2;/h3-4,7-8H,5-6,14H2,1-2H3,(H,15,16);1H. The maximum absolute atomic E-state index is 13.0. The summed E-state index contributed by atoms with van der Waals surface area (Å²) in [4.78, 5) is 11.8. The summed E-state index contributed by atoms with van der Waals surface area (Å²) in [6.45, 7) is 2.31. The van der Waals surface area contributed by atoms with Gasteiger partial charge in [0.2, 0.25) is 0 Å². The Kier molecular flexibility index (Phi) is 7.31. The van der Waals surface area contributed by atoms with Crippen LogP contribution in [0.25, 0.3) is 0 Å². The molecule has 0 aliphatic carbocycles. The Hall–Kier alpha value is -1.33. The maximum Gasteiger partial charge on any atom is 0.255 e. The molecule has 1 unspecified atom stereocenters. The molecule has 0 bridgehead atoms. The number of carbonyl (C=O) groups is 1. The van der Waals surface area contributed by atoms with Crippen LogP contribution in [0.1, 0.15) is 23.7 Å². The molecule has 102 valence electrons. The fourth-order valence-corrected chi connectivity index (χ4v) is 1.37. The molecular formula is C12H18ClFN2O2.